The maximum atomic E-state index is 13.1. The maximum absolute atomic E-state index is 13.1. The Morgan fingerprint density at radius 1 is 1.08 bits per heavy atom. The highest BCUT2D eigenvalue weighted by atomic mass is 35.5. The Morgan fingerprint density at radius 3 is 2.38 bits per heavy atom. The highest BCUT2D eigenvalue weighted by Gasteiger charge is 2.30. The third-order valence-electron chi connectivity index (χ3n) is 4.62. The van der Waals surface area contributed by atoms with E-state index in [1.54, 1.807) is 19.2 Å². The van der Waals surface area contributed by atoms with E-state index < -0.39 is 6.04 Å². The topological polar surface area (TPSA) is 41.6 Å². The molecule has 1 saturated heterocycles. The average Bonchev–Trinajstić information content (AvgIpc) is 2.65. The molecule has 0 radical (unpaired) electrons. The number of amides is 1. The van der Waals surface area contributed by atoms with Crippen molar-refractivity contribution in [3.8, 4) is 5.75 Å². The second-order valence-electron chi connectivity index (χ2n) is 6.38. The molecule has 0 spiro atoms. The van der Waals surface area contributed by atoms with Crippen molar-refractivity contribution in [1.82, 2.24) is 4.90 Å². The summed E-state index contributed by atoms with van der Waals surface area (Å²) in [6.07, 6.45) is 3.35. The van der Waals surface area contributed by atoms with Crippen LogP contribution in [0.15, 0.2) is 42.5 Å². The number of methoxy groups -OCH3 is 1. The maximum Gasteiger partial charge on any atom is 0.246 e. The quantitative estimate of drug-likeness (QED) is 0.762. The van der Waals surface area contributed by atoms with E-state index in [-0.39, 0.29) is 5.91 Å². The van der Waals surface area contributed by atoms with Gasteiger partial charge in [-0.2, -0.15) is 0 Å². The molecule has 0 aliphatic carbocycles. The summed E-state index contributed by atoms with van der Waals surface area (Å²) in [4.78, 5) is 15.3. The van der Waals surface area contributed by atoms with Crippen molar-refractivity contribution in [1.29, 1.82) is 0 Å². The van der Waals surface area contributed by atoms with Crippen molar-refractivity contribution < 1.29 is 9.53 Å². The smallest absolute Gasteiger partial charge is 0.246 e. The zero-order valence-corrected chi connectivity index (χ0v) is 16.2. The van der Waals surface area contributed by atoms with Crippen LogP contribution in [0.25, 0.3) is 0 Å². The van der Waals surface area contributed by atoms with E-state index in [4.69, 9.17) is 27.9 Å². The van der Waals surface area contributed by atoms with Gasteiger partial charge in [0.2, 0.25) is 5.91 Å². The van der Waals surface area contributed by atoms with E-state index in [1.165, 1.54) is 6.42 Å². The summed E-state index contributed by atoms with van der Waals surface area (Å²) < 4.78 is 5.16. The van der Waals surface area contributed by atoms with Crippen LogP contribution >= 0.6 is 23.2 Å². The molecule has 0 saturated carbocycles. The van der Waals surface area contributed by atoms with Crippen molar-refractivity contribution in [2.45, 2.75) is 25.3 Å². The fourth-order valence-electron chi connectivity index (χ4n) is 3.29. The van der Waals surface area contributed by atoms with Gasteiger partial charge in [0.05, 0.1) is 7.11 Å². The van der Waals surface area contributed by atoms with Gasteiger partial charge in [0.15, 0.2) is 0 Å². The van der Waals surface area contributed by atoms with Gasteiger partial charge in [-0.15, -0.1) is 0 Å². The zero-order chi connectivity index (χ0) is 18.5. The first-order valence-corrected chi connectivity index (χ1v) is 9.48. The van der Waals surface area contributed by atoms with Gasteiger partial charge in [0, 0.05) is 15.7 Å². The lowest BCUT2D eigenvalue weighted by molar-refractivity contribution is -0.122. The minimum Gasteiger partial charge on any atom is -0.497 e. The van der Waals surface area contributed by atoms with Gasteiger partial charge in [-0.3, -0.25) is 9.69 Å². The predicted molar refractivity (Wildman–Crippen MR) is 106 cm³/mol. The van der Waals surface area contributed by atoms with E-state index in [2.05, 4.69) is 10.2 Å². The molecule has 1 amide bonds. The Bertz CT molecular complexity index is 759. The number of rotatable bonds is 5. The second kappa shape index (κ2) is 8.76. The first-order valence-electron chi connectivity index (χ1n) is 8.72. The predicted octanol–water partition coefficient (Wildman–Crippen LogP) is 5.17. The van der Waals surface area contributed by atoms with Crippen LogP contribution in [0.2, 0.25) is 10.0 Å². The first kappa shape index (κ1) is 19.0. The Morgan fingerprint density at radius 2 is 1.77 bits per heavy atom. The number of hydrogen-bond donors (Lipinski definition) is 1. The largest absolute Gasteiger partial charge is 0.497 e. The summed E-state index contributed by atoms with van der Waals surface area (Å²) >= 11 is 12.5. The number of nitrogens with zero attached hydrogens (tertiary/aromatic N) is 1. The summed E-state index contributed by atoms with van der Waals surface area (Å²) in [7, 11) is 1.61. The number of carbonyl (C=O) groups excluding carboxylic acids is 1. The Kier molecular flexibility index (Phi) is 6.41. The number of halogens is 2. The number of piperidine rings is 1. The minimum absolute atomic E-state index is 0.0960. The van der Waals surface area contributed by atoms with Gasteiger partial charge >= 0.3 is 0 Å². The van der Waals surface area contributed by atoms with Crippen molar-refractivity contribution in [2.24, 2.45) is 0 Å². The van der Waals surface area contributed by atoms with E-state index in [9.17, 15) is 4.79 Å². The highest BCUT2D eigenvalue weighted by Crippen LogP contribution is 2.33. The molecule has 1 aliphatic heterocycles. The van der Waals surface area contributed by atoms with Gasteiger partial charge in [-0.25, -0.2) is 0 Å². The standard InChI is InChI=1S/C20H22Cl2N2O2/c1-26-16-8-6-15(7-9-16)23-20(25)19(24-11-3-2-4-12-24)17-10-5-14(21)13-18(17)22/h5-10,13,19H,2-4,11-12H2,1H3,(H,23,25). The van der Waals surface area contributed by atoms with Crippen molar-refractivity contribution >= 4 is 34.8 Å². The normalized spacial score (nSPS) is 16.1. The van der Waals surface area contributed by atoms with Gasteiger partial charge in [0.1, 0.15) is 11.8 Å². The summed E-state index contributed by atoms with van der Waals surface area (Å²) in [5.41, 5.74) is 1.51. The third-order valence-corrected chi connectivity index (χ3v) is 5.18. The number of benzene rings is 2. The highest BCUT2D eigenvalue weighted by molar-refractivity contribution is 6.35. The Labute approximate surface area is 164 Å². The lowest BCUT2D eigenvalue weighted by Crippen LogP contribution is -2.40. The van der Waals surface area contributed by atoms with Gasteiger partial charge in [0.25, 0.3) is 0 Å². The third kappa shape index (κ3) is 4.50. The number of hydrogen-bond acceptors (Lipinski definition) is 3. The monoisotopic (exact) mass is 392 g/mol. The van der Waals surface area contributed by atoms with Crippen molar-refractivity contribution in [2.75, 3.05) is 25.5 Å². The van der Waals surface area contributed by atoms with Crippen molar-refractivity contribution in [3.63, 3.8) is 0 Å². The molecule has 1 atom stereocenters. The molecule has 138 valence electrons. The van der Waals surface area contributed by atoms with Crippen LogP contribution < -0.4 is 10.1 Å². The van der Waals surface area contributed by atoms with Gasteiger partial charge in [-0.1, -0.05) is 35.7 Å². The average molecular weight is 393 g/mol. The number of carbonyl (C=O) groups is 1. The van der Waals surface area contributed by atoms with Crippen molar-refractivity contribution in [3.05, 3.63) is 58.1 Å². The summed E-state index contributed by atoms with van der Waals surface area (Å²) in [6.45, 7) is 1.75. The molecule has 0 aromatic heterocycles. The van der Waals surface area contributed by atoms with Crippen LogP contribution in [-0.4, -0.2) is 31.0 Å². The lowest BCUT2D eigenvalue weighted by atomic mass is 10.0. The fourth-order valence-corrected chi connectivity index (χ4v) is 3.80. The summed E-state index contributed by atoms with van der Waals surface area (Å²) in [5.74, 6) is 0.651. The van der Waals surface area contributed by atoms with Crippen LogP contribution in [0.3, 0.4) is 0 Å². The molecule has 1 unspecified atom stereocenters. The number of anilines is 1. The van der Waals surface area contributed by atoms with E-state index in [0.717, 1.165) is 42.9 Å². The second-order valence-corrected chi connectivity index (χ2v) is 7.23. The molecular weight excluding hydrogens is 371 g/mol. The number of nitrogens with one attached hydrogen (secondary N) is 1. The van der Waals surface area contributed by atoms with Crippen LogP contribution in [-0.2, 0) is 4.79 Å². The summed E-state index contributed by atoms with van der Waals surface area (Å²) in [5, 5.41) is 4.08. The number of likely N-dealkylation sites (tertiary alicyclic amines) is 1. The van der Waals surface area contributed by atoms with Gasteiger partial charge < -0.3 is 10.1 Å². The molecule has 1 fully saturated rings. The molecule has 1 heterocycles. The lowest BCUT2D eigenvalue weighted by Gasteiger charge is -2.34. The van der Waals surface area contributed by atoms with Crippen LogP contribution in [0.5, 0.6) is 5.75 Å². The van der Waals surface area contributed by atoms with Crippen LogP contribution in [0, 0.1) is 0 Å². The molecule has 2 aromatic rings. The molecule has 0 bridgehead atoms. The van der Waals surface area contributed by atoms with Crippen LogP contribution in [0.1, 0.15) is 30.9 Å². The van der Waals surface area contributed by atoms with E-state index in [0.29, 0.717) is 10.0 Å². The molecule has 2 aromatic carbocycles. The van der Waals surface area contributed by atoms with E-state index in [1.807, 2.05) is 30.3 Å². The van der Waals surface area contributed by atoms with Crippen LogP contribution in [0.4, 0.5) is 5.69 Å². The Balaban J connectivity index is 1.87. The fraction of sp³-hybridized carbons (Fsp3) is 0.350. The molecule has 4 nitrogen and oxygen atoms in total. The van der Waals surface area contributed by atoms with E-state index >= 15 is 0 Å². The Hall–Kier alpha value is -1.75. The first-order chi connectivity index (χ1) is 12.6. The molecule has 26 heavy (non-hydrogen) atoms. The molecule has 1 aliphatic rings. The zero-order valence-electron chi connectivity index (χ0n) is 14.7. The minimum atomic E-state index is -0.442. The number of ether oxygens (including phenoxy) is 1. The molecule has 6 heteroatoms. The molecule has 3 rings (SSSR count). The molecular formula is C20H22Cl2N2O2. The SMILES string of the molecule is COc1ccc(NC(=O)C(c2ccc(Cl)cc2Cl)N2CCCCC2)cc1. The molecule has 1 N–H and O–H groups in total. The van der Waals surface area contributed by atoms with Gasteiger partial charge in [-0.05, 0) is 67.9 Å². The summed E-state index contributed by atoms with van der Waals surface area (Å²) in [6, 6.07) is 12.2.